The number of hydrogen-bond donors (Lipinski definition) is 2. The van der Waals surface area contributed by atoms with E-state index in [9.17, 15) is 0 Å². The minimum Gasteiger partial charge on any atom is -0.330 e. The monoisotopic (exact) mass is 226 g/mol. The summed E-state index contributed by atoms with van der Waals surface area (Å²) in [4.78, 5) is 0. The highest BCUT2D eigenvalue weighted by atomic mass is 14.9. The molecule has 1 aliphatic rings. The molecule has 0 bridgehead atoms. The molecule has 0 atom stereocenters. The average molecular weight is 226 g/mol. The van der Waals surface area contributed by atoms with Crippen molar-refractivity contribution in [2.24, 2.45) is 22.5 Å². The fourth-order valence-corrected chi connectivity index (χ4v) is 2.56. The van der Waals surface area contributed by atoms with Crippen molar-refractivity contribution >= 4 is 0 Å². The molecule has 0 aromatic carbocycles. The average Bonchev–Trinajstić information content (AvgIpc) is 3.06. The quantitative estimate of drug-likeness (QED) is 0.668. The summed E-state index contributed by atoms with van der Waals surface area (Å²) in [5, 5.41) is 3.68. The van der Waals surface area contributed by atoms with Gasteiger partial charge in [0.25, 0.3) is 0 Å². The molecule has 1 rings (SSSR count). The molecule has 96 valence electrons. The third-order valence-corrected chi connectivity index (χ3v) is 5.03. The SMILES string of the molecule is CCC(CC)(CN)CNCC1(C(C)C)CC1. The van der Waals surface area contributed by atoms with Crippen molar-refractivity contribution in [3.05, 3.63) is 0 Å². The number of nitrogens with two attached hydrogens (primary N) is 1. The molecule has 0 radical (unpaired) electrons. The second kappa shape index (κ2) is 5.50. The maximum Gasteiger partial charge on any atom is 0.00199 e. The molecule has 0 aliphatic heterocycles. The Morgan fingerprint density at radius 3 is 2.12 bits per heavy atom. The smallest absolute Gasteiger partial charge is 0.00199 e. The minimum atomic E-state index is 0.326. The van der Waals surface area contributed by atoms with Crippen molar-refractivity contribution in [2.75, 3.05) is 19.6 Å². The first-order chi connectivity index (χ1) is 7.54. The van der Waals surface area contributed by atoms with E-state index in [1.54, 1.807) is 0 Å². The highest BCUT2D eigenvalue weighted by Gasteiger charge is 2.44. The lowest BCUT2D eigenvalue weighted by molar-refractivity contribution is 0.239. The third kappa shape index (κ3) is 2.98. The predicted octanol–water partition coefficient (Wildman–Crippen LogP) is 2.78. The van der Waals surface area contributed by atoms with Gasteiger partial charge >= 0.3 is 0 Å². The molecule has 2 nitrogen and oxygen atoms in total. The zero-order valence-electron chi connectivity index (χ0n) is 11.6. The highest BCUT2D eigenvalue weighted by Crippen LogP contribution is 2.51. The van der Waals surface area contributed by atoms with E-state index >= 15 is 0 Å². The van der Waals surface area contributed by atoms with Crippen LogP contribution >= 0.6 is 0 Å². The lowest BCUT2D eigenvalue weighted by atomic mass is 9.82. The molecule has 0 amide bonds. The molecule has 1 saturated carbocycles. The van der Waals surface area contributed by atoms with Crippen LogP contribution in [0, 0.1) is 16.7 Å². The Labute approximate surface area is 101 Å². The second-order valence-corrected chi connectivity index (χ2v) is 6.03. The number of nitrogens with one attached hydrogen (secondary N) is 1. The van der Waals surface area contributed by atoms with Crippen LogP contribution in [0.4, 0.5) is 0 Å². The lowest BCUT2D eigenvalue weighted by Crippen LogP contribution is -2.42. The van der Waals surface area contributed by atoms with E-state index < -0.39 is 0 Å². The molecule has 1 aliphatic carbocycles. The number of rotatable bonds is 8. The molecule has 0 saturated heterocycles. The Morgan fingerprint density at radius 2 is 1.81 bits per heavy atom. The van der Waals surface area contributed by atoms with Crippen molar-refractivity contribution in [2.45, 2.75) is 53.4 Å². The zero-order chi connectivity index (χ0) is 12.2. The van der Waals surface area contributed by atoms with Crippen LogP contribution in [0.2, 0.25) is 0 Å². The molecule has 1 fully saturated rings. The Kier molecular flexibility index (Phi) is 4.81. The van der Waals surface area contributed by atoms with Crippen LogP contribution in [0.3, 0.4) is 0 Å². The van der Waals surface area contributed by atoms with Gasteiger partial charge in [0, 0.05) is 13.1 Å². The van der Waals surface area contributed by atoms with Crippen molar-refractivity contribution < 1.29 is 0 Å². The van der Waals surface area contributed by atoms with Crippen molar-refractivity contribution in [1.29, 1.82) is 0 Å². The Bertz CT molecular complexity index is 195. The molecule has 16 heavy (non-hydrogen) atoms. The Hall–Kier alpha value is -0.0800. The molecule has 0 spiro atoms. The van der Waals surface area contributed by atoms with E-state index in [-0.39, 0.29) is 0 Å². The van der Waals surface area contributed by atoms with E-state index in [1.807, 2.05) is 0 Å². The van der Waals surface area contributed by atoms with Crippen LogP contribution < -0.4 is 11.1 Å². The van der Waals surface area contributed by atoms with Gasteiger partial charge in [0.05, 0.1) is 0 Å². The molecule has 0 heterocycles. The van der Waals surface area contributed by atoms with Gasteiger partial charge in [-0.15, -0.1) is 0 Å². The van der Waals surface area contributed by atoms with Crippen LogP contribution in [-0.2, 0) is 0 Å². The van der Waals surface area contributed by atoms with Gasteiger partial charge in [0.1, 0.15) is 0 Å². The normalized spacial score (nSPS) is 19.1. The summed E-state index contributed by atoms with van der Waals surface area (Å²) in [5.74, 6) is 0.815. The maximum absolute atomic E-state index is 5.91. The molecular weight excluding hydrogens is 196 g/mol. The van der Waals surface area contributed by atoms with Gasteiger partial charge in [-0.3, -0.25) is 0 Å². The van der Waals surface area contributed by atoms with Gasteiger partial charge in [0.2, 0.25) is 0 Å². The van der Waals surface area contributed by atoms with E-state index in [1.165, 1.54) is 32.2 Å². The van der Waals surface area contributed by atoms with Crippen LogP contribution in [0.25, 0.3) is 0 Å². The molecule has 0 aromatic rings. The molecule has 0 aromatic heterocycles. The highest BCUT2D eigenvalue weighted by molar-refractivity contribution is 4.97. The largest absolute Gasteiger partial charge is 0.330 e. The topological polar surface area (TPSA) is 38.0 Å². The zero-order valence-corrected chi connectivity index (χ0v) is 11.6. The van der Waals surface area contributed by atoms with Crippen LogP contribution in [0.5, 0.6) is 0 Å². The lowest BCUT2D eigenvalue weighted by Gasteiger charge is -2.32. The molecule has 3 N–H and O–H groups in total. The van der Waals surface area contributed by atoms with Gasteiger partial charge in [-0.05, 0) is 49.0 Å². The van der Waals surface area contributed by atoms with Crippen molar-refractivity contribution in [3.63, 3.8) is 0 Å². The first-order valence-corrected chi connectivity index (χ1v) is 6.95. The summed E-state index contributed by atoms with van der Waals surface area (Å²) in [7, 11) is 0. The molecule has 0 unspecified atom stereocenters. The summed E-state index contributed by atoms with van der Waals surface area (Å²) in [6.45, 7) is 12.3. The van der Waals surface area contributed by atoms with Gasteiger partial charge < -0.3 is 11.1 Å². The first kappa shape index (κ1) is 14.0. The second-order valence-electron chi connectivity index (χ2n) is 6.03. The fourth-order valence-electron chi connectivity index (χ4n) is 2.56. The molecule has 2 heteroatoms. The first-order valence-electron chi connectivity index (χ1n) is 6.95. The van der Waals surface area contributed by atoms with E-state index in [0.717, 1.165) is 19.0 Å². The summed E-state index contributed by atoms with van der Waals surface area (Å²) < 4.78 is 0. The third-order valence-electron chi connectivity index (χ3n) is 5.03. The van der Waals surface area contributed by atoms with Gasteiger partial charge in [-0.25, -0.2) is 0 Å². The Balaban J connectivity index is 2.34. The predicted molar refractivity (Wildman–Crippen MR) is 71.4 cm³/mol. The fraction of sp³-hybridized carbons (Fsp3) is 1.00. The number of hydrogen-bond acceptors (Lipinski definition) is 2. The Morgan fingerprint density at radius 1 is 1.25 bits per heavy atom. The van der Waals surface area contributed by atoms with E-state index in [2.05, 4.69) is 33.0 Å². The van der Waals surface area contributed by atoms with Crippen LogP contribution in [0.1, 0.15) is 53.4 Å². The van der Waals surface area contributed by atoms with Crippen LogP contribution in [0.15, 0.2) is 0 Å². The van der Waals surface area contributed by atoms with Gasteiger partial charge in [0.15, 0.2) is 0 Å². The van der Waals surface area contributed by atoms with E-state index in [0.29, 0.717) is 10.8 Å². The standard InChI is InChI=1S/C14H30N2/c1-5-13(6-2,9-15)10-16-11-14(7-8-14)12(3)4/h12,16H,5-11,15H2,1-4H3. The van der Waals surface area contributed by atoms with Crippen LogP contribution in [-0.4, -0.2) is 19.6 Å². The summed E-state index contributed by atoms with van der Waals surface area (Å²) in [6, 6.07) is 0. The maximum atomic E-state index is 5.91. The summed E-state index contributed by atoms with van der Waals surface area (Å²) in [6.07, 6.45) is 5.18. The van der Waals surface area contributed by atoms with Crippen molar-refractivity contribution in [3.8, 4) is 0 Å². The van der Waals surface area contributed by atoms with E-state index in [4.69, 9.17) is 5.73 Å². The van der Waals surface area contributed by atoms with Gasteiger partial charge in [-0.1, -0.05) is 27.7 Å². The molecular formula is C14H30N2. The van der Waals surface area contributed by atoms with Gasteiger partial charge in [-0.2, -0.15) is 0 Å². The summed E-state index contributed by atoms with van der Waals surface area (Å²) >= 11 is 0. The summed E-state index contributed by atoms with van der Waals surface area (Å²) in [5.41, 5.74) is 6.85. The van der Waals surface area contributed by atoms with Crippen molar-refractivity contribution in [1.82, 2.24) is 5.32 Å². The minimum absolute atomic E-state index is 0.326.